The largest absolute Gasteiger partial charge is 0.459 e. The molecule has 0 N–H and O–H groups in total. The van der Waals surface area contributed by atoms with Crippen molar-refractivity contribution in [2.75, 3.05) is 13.2 Å². The average Bonchev–Trinajstić information content (AvgIpc) is 2.80. The molecular weight excluding hydrogens is 275 g/mol. The maximum Gasteiger partial charge on any atom is 0.315 e. The quantitative estimate of drug-likeness (QED) is 0.734. The first-order valence-corrected chi connectivity index (χ1v) is 7.70. The van der Waals surface area contributed by atoms with Crippen LogP contribution < -0.4 is 0 Å². The van der Waals surface area contributed by atoms with E-state index in [1.54, 1.807) is 34.6 Å². The molecule has 122 valence electrons. The van der Waals surface area contributed by atoms with Crippen LogP contribution in [0.15, 0.2) is 0 Å². The Morgan fingerprint density at radius 1 is 1.00 bits per heavy atom. The minimum Gasteiger partial charge on any atom is -0.459 e. The van der Waals surface area contributed by atoms with Crippen molar-refractivity contribution >= 4 is 5.97 Å². The standard InChI is InChI=1S/C16H27FO4/c1-13(2,3)21-12(18)14(4,5)15(17)6-8-16(9-7-15)19-10-11-20-16/h6-11H2,1-5H3. The van der Waals surface area contributed by atoms with Crippen LogP contribution in [0.4, 0.5) is 4.39 Å². The molecule has 0 unspecified atom stereocenters. The fourth-order valence-electron chi connectivity index (χ4n) is 3.03. The van der Waals surface area contributed by atoms with Crippen LogP contribution in [0.3, 0.4) is 0 Å². The molecule has 2 fully saturated rings. The van der Waals surface area contributed by atoms with Crippen molar-refractivity contribution in [2.45, 2.75) is 77.4 Å². The summed E-state index contributed by atoms with van der Waals surface area (Å²) in [5.41, 5.74) is -3.38. The Morgan fingerprint density at radius 2 is 1.48 bits per heavy atom. The van der Waals surface area contributed by atoms with E-state index < -0.39 is 28.4 Å². The summed E-state index contributed by atoms with van der Waals surface area (Å²) in [6.45, 7) is 9.78. The second-order valence-electron chi connectivity index (χ2n) is 7.70. The predicted molar refractivity (Wildman–Crippen MR) is 76.6 cm³/mol. The minimum absolute atomic E-state index is 0.249. The van der Waals surface area contributed by atoms with Gasteiger partial charge in [0, 0.05) is 12.8 Å². The summed E-state index contributed by atoms with van der Waals surface area (Å²) in [5.74, 6) is -1.11. The second-order valence-corrected chi connectivity index (χ2v) is 7.70. The first-order valence-electron chi connectivity index (χ1n) is 7.70. The van der Waals surface area contributed by atoms with Crippen molar-refractivity contribution < 1.29 is 23.4 Å². The number of hydrogen-bond acceptors (Lipinski definition) is 4. The van der Waals surface area contributed by atoms with Crippen molar-refractivity contribution in [1.29, 1.82) is 0 Å². The van der Waals surface area contributed by atoms with Gasteiger partial charge in [0.15, 0.2) is 5.79 Å². The van der Waals surface area contributed by atoms with Crippen molar-refractivity contribution in [3.05, 3.63) is 0 Å². The van der Waals surface area contributed by atoms with Crippen LogP contribution in [-0.4, -0.2) is 36.2 Å². The van der Waals surface area contributed by atoms with E-state index in [1.807, 2.05) is 0 Å². The third kappa shape index (κ3) is 3.24. The monoisotopic (exact) mass is 302 g/mol. The molecule has 0 aromatic heterocycles. The van der Waals surface area contributed by atoms with Crippen LogP contribution in [0, 0.1) is 5.41 Å². The highest BCUT2D eigenvalue weighted by molar-refractivity contribution is 5.78. The Labute approximate surface area is 126 Å². The van der Waals surface area contributed by atoms with E-state index in [0.717, 1.165) is 0 Å². The lowest BCUT2D eigenvalue weighted by Crippen LogP contribution is -2.53. The zero-order valence-corrected chi connectivity index (χ0v) is 13.8. The van der Waals surface area contributed by atoms with Crippen LogP contribution in [0.5, 0.6) is 0 Å². The number of esters is 1. The van der Waals surface area contributed by atoms with Crippen LogP contribution >= 0.6 is 0 Å². The molecule has 21 heavy (non-hydrogen) atoms. The maximum atomic E-state index is 15.4. The SMILES string of the molecule is CC(C)(C)OC(=O)C(C)(C)C1(F)CCC2(CC1)OCCO2. The lowest BCUT2D eigenvalue weighted by molar-refractivity contribution is -0.212. The molecule has 2 aliphatic rings. The van der Waals surface area contributed by atoms with Gasteiger partial charge in [-0.3, -0.25) is 4.79 Å². The molecule has 1 aliphatic heterocycles. The van der Waals surface area contributed by atoms with Crippen molar-refractivity contribution in [3.63, 3.8) is 0 Å². The maximum absolute atomic E-state index is 15.4. The summed E-state index contributed by atoms with van der Waals surface area (Å²) in [6, 6.07) is 0. The molecule has 0 aromatic carbocycles. The molecule has 1 heterocycles. The van der Waals surface area contributed by atoms with Crippen LogP contribution in [0.25, 0.3) is 0 Å². The number of hydrogen-bond donors (Lipinski definition) is 0. The molecule has 0 bridgehead atoms. The number of halogens is 1. The van der Waals surface area contributed by atoms with Gasteiger partial charge in [-0.15, -0.1) is 0 Å². The van der Waals surface area contributed by atoms with Gasteiger partial charge in [-0.05, 0) is 47.5 Å². The minimum atomic E-state index is -1.59. The van der Waals surface area contributed by atoms with E-state index >= 15 is 4.39 Å². The Kier molecular flexibility index (Phi) is 4.13. The van der Waals surface area contributed by atoms with E-state index in [4.69, 9.17) is 14.2 Å². The van der Waals surface area contributed by atoms with Gasteiger partial charge in [-0.25, -0.2) is 4.39 Å². The lowest BCUT2D eigenvalue weighted by atomic mass is 9.67. The zero-order valence-electron chi connectivity index (χ0n) is 13.8. The molecule has 0 atom stereocenters. The number of ether oxygens (including phenoxy) is 3. The number of carbonyl (C=O) groups excluding carboxylic acids is 1. The summed E-state index contributed by atoms with van der Waals surface area (Å²) in [6.07, 6.45) is 1.46. The average molecular weight is 302 g/mol. The summed E-state index contributed by atoms with van der Waals surface area (Å²) in [4.78, 5) is 12.4. The smallest absolute Gasteiger partial charge is 0.315 e. The van der Waals surface area contributed by atoms with Gasteiger partial charge in [0.05, 0.1) is 18.6 Å². The first kappa shape index (κ1) is 16.7. The Hall–Kier alpha value is -0.680. The Balaban J connectivity index is 2.07. The normalized spacial score (nSPS) is 25.0. The molecule has 0 aromatic rings. The molecular formula is C16H27FO4. The van der Waals surface area contributed by atoms with Crippen LogP contribution in [-0.2, 0) is 19.0 Å². The highest BCUT2D eigenvalue weighted by atomic mass is 19.1. The number of carbonyl (C=O) groups is 1. The topological polar surface area (TPSA) is 44.8 Å². The molecule has 4 nitrogen and oxygen atoms in total. The van der Waals surface area contributed by atoms with Crippen molar-refractivity contribution in [3.8, 4) is 0 Å². The van der Waals surface area contributed by atoms with E-state index in [2.05, 4.69) is 0 Å². The molecule has 0 radical (unpaired) electrons. The summed E-state index contributed by atoms with van der Waals surface area (Å²) in [7, 11) is 0. The third-order valence-corrected chi connectivity index (χ3v) is 4.65. The van der Waals surface area contributed by atoms with Crippen molar-refractivity contribution in [2.24, 2.45) is 5.41 Å². The number of rotatable bonds is 2. The van der Waals surface area contributed by atoms with Gasteiger partial charge in [0.1, 0.15) is 11.3 Å². The zero-order chi connectivity index (χ0) is 15.9. The van der Waals surface area contributed by atoms with Gasteiger partial charge in [-0.1, -0.05) is 0 Å². The van der Waals surface area contributed by atoms with E-state index in [-0.39, 0.29) is 12.8 Å². The lowest BCUT2D eigenvalue weighted by Gasteiger charge is -2.46. The second kappa shape index (κ2) is 5.20. The molecule has 1 aliphatic carbocycles. The third-order valence-electron chi connectivity index (χ3n) is 4.65. The fourth-order valence-corrected chi connectivity index (χ4v) is 3.03. The molecule has 5 heteroatoms. The fraction of sp³-hybridized carbons (Fsp3) is 0.938. The van der Waals surface area contributed by atoms with Gasteiger partial charge in [0.25, 0.3) is 0 Å². The summed E-state index contributed by atoms with van der Waals surface area (Å²) < 4.78 is 32.0. The highest BCUT2D eigenvalue weighted by Crippen LogP contribution is 2.50. The Bertz CT molecular complexity index is 395. The van der Waals surface area contributed by atoms with Gasteiger partial charge >= 0.3 is 5.97 Å². The number of alkyl halides is 1. The van der Waals surface area contributed by atoms with E-state index in [1.165, 1.54) is 0 Å². The molecule has 1 saturated heterocycles. The van der Waals surface area contributed by atoms with Crippen molar-refractivity contribution in [1.82, 2.24) is 0 Å². The van der Waals surface area contributed by atoms with Gasteiger partial charge in [0.2, 0.25) is 0 Å². The summed E-state index contributed by atoms with van der Waals surface area (Å²) in [5, 5.41) is 0. The molecule has 0 amide bonds. The first-order chi connectivity index (χ1) is 9.50. The molecule has 1 spiro atoms. The highest BCUT2D eigenvalue weighted by Gasteiger charge is 2.57. The van der Waals surface area contributed by atoms with Gasteiger partial charge < -0.3 is 14.2 Å². The van der Waals surface area contributed by atoms with E-state index in [0.29, 0.717) is 26.1 Å². The Morgan fingerprint density at radius 3 is 1.90 bits per heavy atom. The van der Waals surface area contributed by atoms with E-state index in [9.17, 15) is 4.79 Å². The van der Waals surface area contributed by atoms with Crippen LogP contribution in [0.2, 0.25) is 0 Å². The van der Waals surface area contributed by atoms with Gasteiger partial charge in [-0.2, -0.15) is 0 Å². The summed E-state index contributed by atoms with van der Waals surface area (Å²) >= 11 is 0. The molecule has 1 saturated carbocycles. The molecule has 2 rings (SSSR count). The van der Waals surface area contributed by atoms with Crippen LogP contribution in [0.1, 0.15) is 60.3 Å². The predicted octanol–water partition coefficient (Wildman–Crippen LogP) is 3.38.